The number of rotatable bonds is 3. The Morgan fingerprint density at radius 1 is 0.759 bits per heavy atom. The molecular weight excluding hydrogens is 358 g/mol. The van der Waals surface area contributed by atoms with Crippen LogP contribution >= 0.6 is 0 Å². The van der Waals surface area contributed by atoms with Gasteiger partial charge < -0.3 is 0 Å². The van der Waals surface area contributed by atoms with E-state index in [1.807, 2.05) is 24.5 Å². The molecule has 142 valence electrons. The van der Waals surface area contributed by atoms with Crippen LogP contribution in [0.4, 0.5) is 0 Å². The van der Waals surface area contributed by atoms with Crippen LogP contribution in [0.1, 0.15) is 16.7 Å². The Labute approximate surface area is 169 Å². The highest BCUT2D eigenvalue weighted by Gasteiger charge is 2.15. The number of benzene rings is 3. The molecule has 0 N–H and O–H groups in total. The number of hydrogen-bond donors (Lipinski definition) is 0. The van der Waals surface area contributed by atoms with Crippen LogP contribution in [-0.4, -0.2) is 24.3 Å². The Bertz CT molecular complexity index is 1310. The van der Waals surface area contributed by atoms with E-state index in [1.165, 1.54) is 16.7 Å². The lowest BCUT2D eigenvalue weighted by atomic mass is 10.0. The molecule has 0 radical (unpaired) electrons. The van der Waals surface area contributed by atoms with Gasteiger partial charge in [0.1, 0.15) is 12.7 Å². The van der Waals surface area contributed by atoms with E-state index in [2.05, 4.69) is 87.6 Å². The lowest BCUT2D eigenvalue weighted by molar-refractivity contribution is 1.02. The van der Waals surface area contributed by atoms with Gasteiger partial charge in [0.05, 0.1) is 16.7 Å². The lowest BCUT2D eigenvalue weighted by Gasteiger charge is -2.14. The largest absolute Gasteiger partial charge is 0.299 e. The molecule has 0 aliphatic rings. The fraction of sp³-hybridized carbons (Fsp3) is 0.125. The SMILES string of the molecule is Cc1cc(C)c(-n2cnnc2-c2ccc3c(c2)ncn3-c2ccccc2)c(C)c1. The van der Waals surface area contributed by atoms with Gasteiger partial charge in [-0.2, -0.15) is 0 Å². The van der Waals surface area contributed by atoms with E-state index in [9.17, 15) is 0 Å². The molecule has 0 spiro atoms. The van der Waals surface area contributed by atoms with Crippen LogP contribution in [0.2, 0.25) is 0 Å². The highest BCUT2D eigenvalue weighted by Crippen LogP contribution is 2.28. The Morgan fingerprint density at radius 3 is 2.28 bits per heavy atom. The van der Waals surface area contributed by atoms with Crippen molar-refractivity contribution >= 4 is 11.0 Å². The summed E-state index contributed by atoms with van der Waals surface area (Å²) in [6, 6.07) is 20.9. The minimum atomic E-state index is 0.816. The fourth-order valence-corrected chi connectivity index (χ4v) is 4.09. The van der Waals surface area contributed by atoms with Gasteiger partial charge in [-0.1, -0.05) is 35.9 Å². The predicted octanol–water partition coefficient (Wildman–Crippen LogP) is 5.20. The minimum Gasteiger partial charge on any atom is -0.299 e. The minimum absolute atomic E-state index is 0.816. The van der Waals surface area contributed by atoms with E-state index in [0.717, 1.165) is 33.8 Å². The van der Waals surface area contributed by atoms with Gasteiger partial charge >= 0.3 is 0 Å². The predicted molar refractivity (Wildman–Crippen MR) is 116 cm³/mol. The first-order valence-electron chi connectivity index (χ1n) is 9.63. The molecule has 2 aromatic heterocycles. The zero-order valence-electron chi connectivity index (χ0n) is 16.7. The molecule has 0 saturated carbocycles. The van der Waals surface area contributed by atoms with Crippen molar-refractivity contribution in [1.82, 2.24) is 24.3 Å². The molecule has 0 aliphatic heterocycles. The molecule has 0 atom stereocenters. The molecule has 0 unspecified atom stereocenters. The molecule has 0 fully saturated rings. The van der Waals surface area contributed by atoms with Crippen molar-refractivity contribution in [2.24, 2.45) is 0 Å². The summed E-state index contributed by atoms with van der Waals surface area (Å²) in [5.41, 5.74) is 8.88. The van der Waals surface area contributed by atoms with Gasteiger partial charge in [0, 0.05) is 11.3 Å². The summed E-state index contributed by atoms with van der Waals surface area (Å²) in [5, 5.41) is 8.62. The van der Waals surface area contributed by atoms with Crippen LogP contribution in [0.3, 0.4) is 0 Å². The van der Waals surface area contributed by atoms with Gasteiger partial charge in [0.25, 0.3) is 0 Å². The van der Waals surface area contributed by atoms with Crippen LogP contribution in [0.25, 0.3) is 33.8 Å². The van der Waals surface area contributed by atoms with E-state index in [-0.39, 0.29) is 0 Å². The smallest absolute Gasteiger partial charge is 0.168 e. The Kier molecular flexibility index (Phi) is 4.02. The molecule has 0 aliphatic carbocycles. The van der Waals surface area contributed by atoms with E-state index in [4.69, 9.17) is 0 Å². The average Bonchev–Trinajstić information content (AvgIpc) is 3.34. The first kappa shape index (κ1) is 17.4. The first-order chi connectivity index (χ1) is 14.1. The monoisotopic (exact) mass is 379 g/mol. The molecule has 5 rings (SSSR count). The van der Waals surface area contributed by atoms with Crippen LogP contribution in [0.15, 0.2) is 73.3 Å². The van der Waals surface area contributed by atoms with Crippen molar-refractivity contribution in [2.75, 3.05) is 0 Å². The standard InChI is InChI=1S/C24H21N5/c1-16-11-17(2)23(18(3)12-16)29-15-26-27-24(29)19-9-10-22-21(13-19)25-14-28(22)20-7-5-4-6-8-20/h4-15H,1-3H3. The van der Waals surface area contributed by atoms with Gasteiger partial charge in [-0.05, 0) is 62.2 Å². The van der Waals surface area contributed by atoms with E-state index < -0.39 is 0 Å². The Morgan fingerprint density at radius 2 is 1.52 bits per heavy atom. The number of para-hydroxylation sites is 1. The molecule has 0 saturated heterocycles. The fourth-order valence-electron chi connectivity index (χ4n) is 4.09. The number of aryl methyl sites for hydroxylation is 3. The molecular formula is C24H21N5. The highest BCUT2D eigenvalue weighted by molar-refractivity contribution is 5.82. The van der Waals surface area contributed by atoms with Crippen molar-refractivity contribution in [3.05, 3.63) is 90.0 Å². The maximum Gasteiger partial charge on any atom is 0.168 e. The summed E-state index contributed by atoms with van der Waals surface area (Å²) in [7, 11) is 0. The van der Waals surface area contributed by atoms with Crippen molar-refractivity contribution in [3.63, 3.8) is 0 Å². The third kappa shape index (κ3) is 2.91. The third-order valence-electron chi connectivity index (χ3n) is 5.26. The van der Waals surface area contributed by atoms with Gasteiger partial charge in [0.2, 0.25) is 0 Å². The number of aromatic nitrogens is 5. The lowest BCUT2D eigenvalue weighted by Crippen LogP contribution is -2.02. The normalized spacial score (nSPS) is 11.3. The summed E-state index contributed by atoms with van der Waals surface area (Å²) >= 11 is 0. The van der Waals surface area contributed by atoms with Crippen LogP contribution in [0, 0.1) is 20.8 Å². The van der Waals surface area contributed by atoms with E-state index in [0.29, 0.717) is 0 Å². The van der Waals surface area contributed by atoms with Crippen molar-refractivity contribution in [2.45, 2.75) is 20.8 Å². The van der Waals surface area contributed by atoms with Crippen molar-refractivity contribution in [3.8, 4) is 22.8 Å². The topological polar surface area (TPSA) is 48.5 Å². The number of nitrogens with zero attached hydrogens (tertiary/aromatic N) is 5. The maximum absolute atomic E-state index is 4.62. The summed E-state index contributed by atoms with van der Waals surface area (Å²) in [6.07, 6.45) is 3.65. The molecule has 0 amide bonds. The van der Waals surface area contributed by atoms with Crippen LogP contribution < -0.4 is 0 Å². The Balaban J connectivity index is 1.63. The second-order valence-corrected chi connectivity index (χ2v) is 7.43. The highest BCUT2D eigenvalue weighted by atomic mass is 15.3. The zero-order valence-corrected chi connectivity index (χ0v) is 16.7. The summed E-state index contributed by atoms with van der Waals surface area (Å²) < 4.78 is 4.16. The zero-order chi connectivity index (χ0) is 20.0. The van der Waals surface area contributed by atoms with E-state index >= 15 is 0 Å². The number of hydrogen-bond acceptors (Lipinski definition) is 3. The molecule has 5 aromatic rings. The second-order valence-electron chi connectivity index (χ2n) is 7.43. The number of fused-ring (bicyclic) bond motifs is 1. The Hall–Kier alpha value is -3.73. The summed E-state index contributed by atoms with van der Waals surface area (Å²) in [4.78, 5) is 4.62. The van der Waals surface area contributed by atoms with Crippen molar-refractivity contribution in [1.29, 1.82) is 0 Å². The number of imidazole rings is 1. The second kappa shape index (κ2) is 6.71. The van der Waals surface area contributed by atoms with Crippen LogP contribution in [0.5, 0.6) is 0 Å². The molecule has 5 heteroatoms. The molecule has 3 aromatic carbocycles. The van der Waals surface area contributed by atoms with Crippen molar-refractivity contribution < 1.29 is 0 Å². The summed E-state index contributed by atoms with van der Waals surface area (Å²) in [6.45, 7) is 6.38. The molecule has 2 heterocycles. The maximum atomic E-state index is 4.62. The average molecular weight is 379 g/mol. The molecule has 29 heavy (non-hydrogen) atoms. The van der Waals surface area contributed by atoms with Gasteiger partial charge in [-0.25, -0.2) is 4.98 Å². The van der Waals surface area contributed by atoms with Crippen LogP contribution in [-0.2, 0) is 0 Å². The quantitative estimate of drug-likeness (QED) is 0.433. The van der Waals surface area contributed by atoms with E-state index in [1.54, 1.807) is 6.33 Å². The molecule has 5 nitrogen and oxygen atoms in total. The molecule has 0 bridgehead atoms. The third-order valence-corrected chi connectivity index (χ3v) is 5.26. The first-order valence-corrected chi connectivity index (χ1v) is 9.63. The summed E-state index contributed by atoms with van der Waals surface area (Å²) in [5.74, 6) is 0.816. The van der Waals surface area contributed by atoms with Gasteiger partial charge in [-0.3, -0.25) is 9.13 Å². The van der Waals surface area contributed by atoms with Gasteiger partial charge in [0.15, 0.2) is 5.82 Å². The van der Waals surface area contributed by atoms with Gasteiger partial charge in [-0.15, -0.1) is 10.2 Å².